The Hall–Kier alpha value is -3.26. The van der Waals surface area contributed by atoms with E-state index in [1.165, 1.54) is 6.92 Å². The zero-order chi connectivity index (χ0) is 23.9. The Balaban J connectivity index is 1.14. The molecule has 0 bridgehead atoms. The van der Waals surface area contributed by atoms with E-state index >= 15 is 0 Å². The fourth-order valence-electron chi connectivity index (χ4n) is 4.45. The number of nitrogens with one attached hydrogen (secondary N) is 1. The highest BCUT2D eigenvalue weighted by Crippen LogP contribution is 2.26. The minimum absolute atomic E-state index is 0.0732. The van der Waals surface area contributed by atoms with E-state index in [-0.39, 0.29) is 24.2 Å². The molecule has 0 saturated carbocycles. The van der Waals surface area contributed by atoms with Crippen molar-refractivity contribution in [2.75, 3.05) is 43.5 Å². The molecule has 2 aliphatic heterocycles. The van der Waals surface area contributed by atoms with Crippen molar-refractivity contribution < 1.29 is 23.8 Å². The molecule has 4 rings (SSSR count). The lowest BCUT2D eigenvalue weighted by molar-refractivity contribution is -0.114. The third-order valence-corrected chi connectivity index (χ3v) is 6.27. The molecule has 2 aromatic carbocycles. The topological polar surface area (TPSA) is 80.3 Å². The van der Waals surface area contributed by atoms with E-state index in [4.69, 9.17) is 14.2 Å². The van der Waals surface area contributed by atoms with Crippen LogP contribution in [0.2, 0.25) is 0 Å². The second kappa shape index (κ2) is 11.2. The fraction of sp³-hybridized carbons (Fsp3) is 0.462. The predicted octanol–water partition coefficient (Wildman–Crippen LogP) is 4.30. The van der Waals surface area contributed by atoms with Crippen LogP contribution in [0.3, 0.4) is 0 Å². The lowest BCUT2D eigenvalue weighted by Crippen LogP contribution is -2.39. The summed E-state index contributed by atoms with van der Waals surface area (Å²) < 4.78 is 16.9. The van der Waals surface area contributed by atoms with Gasteiger partial charge in [0, 0.05) is 31.4 Å². The van der Waals surface area contributed by atoms with E-state index in [0.717, 1.165) is 68.2 Å². The van der Waals surface area contributed by atoms with Crippen molar-refractivity contribution in [3.63, 3.8) is 0 Å². The van der Waals surface area contributed by atoms with Gasteiger partial charge in [-0.25, -0.2) is 4.79 Å². The van der Waals surface area contributed by atoms with Gasteiger partial charge in [0.2, 0.25) is 5.91 Å². The van der Waals surface area contributed by atoms with Crippen molar-refractivity contribution in [3.8, 4) is 11.5 Å². The van der Waals surface area contributed by atoms with Crippen LogP contribution in [0.4, 0.5) is 16.2 Å². The Morgan fingerprint density at radius 1 is 1.06 bits per heavy atom. The van der Waals surface area contributed by atoms with Crippen molar-refractivity contribution in [2.24, 2.45) is 0 Å². The summed E-state index contributed by atoms with van der Waals surface area (Å²) in [5.41, 5.74) is 1.61. The van der Waals surface area contributed by atoms with Crippen molar-refractivity contribution in [1.29, 1.82) is 0 Å². The zero-order valence-electron chi connectivity index (χ0n) is 19.9. The zero-order valence-corrected chi connectivity index (χ0v) is 19.9. The van der Waals surface area contributed by atoms with Crippen molar-refractivity contribution in [2.45, 2.75) is 44.8 Å². The number of nitrogens with zero attached hydrogens (tertiary/aromatic N) is 2. The molecular weight excluding hydrogens is 434 g/mol. The maximum absolute atomic E-state index is 12.3. The average Bonchev–Trinajstić information content (AvgIpc) is 3.21. The molecule has 0 radical (unpaired) electrons. The summed E-state index contributed by atoms with van der Waals surface area (Å²) in [6.07, 6.45) is 3.67. The molecule has 1 unspecified atom stereocenters. The van der Waals surface area contributed by atoms with Crippen LogP contribution < -0.4 is 19.7 Å². The minimum Gasteiger partial charge on any atom is -0.497 e. The third kappa shape index (κ3) is 6.41. The summed E-state index contributed by atoms with van der Waals surface area (Å²) in [5.74, 6) is 1.51. The van der Waals surface area contributed by atoms with Gasteiger partial charge in [0.1, 0.15) is 23.7 Å². The highest BCUT2D eigenvalue weighted by molar-refractivity contribution is 5.90. The van der Waals surface area contributed by atoms with Crippen LogP contribution in [0, 0.1) is 0 Å². The van der Waals surface area contributed by atoms with E-state index in [1.807, 2.05) is 48.5 Å². The Labute approximate surface area is 200 Å². The first-order chi connectivity index (χ1) is 16.5. The smallest absolute Gasteiger partial charge is 0.414 e. The Morgan fingerprint density at radius 3 is 2.38 bits per heavy atom. The molecule has 0 aliphatic carbocycles. The number of benzene rings is 2. The van der Waals surface area contributed by atoms with Crippen LogP contribution in [0.5, 0.6) is 11.5 Å². The number of likely N-dealkylation sites (tertiary alicyclic amines) is 1. The summed E-state index contributed by atoms with van der Waals surface area (Å²) in [4.78, 5) is 27.6. The van der Waals surface area contributed by atoms with E-state index in [2.05, 4.69) is 10.2 Å². The second-order valence-corrected chi connectivity index (χ2v) is 8.82. The number of carbonyl (C=O) groups is 2. The molecule has 34 heavy (non-hydrogen) atoms. The fourth-order valence-corrected chi connectivity index (χ4v) is 4.45. The molecule has 2 aliphatic rings. The Bertz CT molecular complexity index is 955. The number of amides is 2. The molecule has 8 nitrogen and oxygen atoms in total. The van der Waals surface area contributed by atoms with Gasteiger partial charge in [0.15, 0.2) is 0 Å². The molecule has 182 valence electrons. The van der Waals surface area contributed by atoms with Gasteiger partial charge in [-0.2, -0.15) is 0 Å². The molecule has 2 fully saturated rings. The third-order valence-electron chi connectivity index (χ3n) is 6.27. The maximum atomic E-state index is 12.3. The van der Waals surface area contributed by atoms with Gasteiger partial charge in [-0.1, -0.05) is 0 Å². The number of hydrogen-bond acceptors (Lipinski definition) is 6. The molecule has 2 saturated heterocycles. The van der Waals surface area contributed by atoms with Gasteiger partial charge >= 0.3 is 6.09 Å². The lowest BCUT2D eigenvalue weighted by atomic mass is 10.1. The number of rotatable bonds is 9. The van der Waals surface area contributed by atoms with Gasteiger partial charge < -0.3 is 24.4 Å². The number of hydrogen-bond donors (Lipinski definition) is 1. The van der Waals surface area contributed by atoms with E-state index < -0.39 is 0 Å². The standard InChI is InChI=1S/C26H33N3O5/c1-19(30)27-20-5-9-23(10-6-20)33-24-13-16-28(17-14-24)15-3-4-25-18-29(26(31)34-25)21-7-11-22(32-2)12-8-21/h5-12,24-25H,3-4,13-18H2,1-2H3,(H,27,30). The quantitative estimate of drug-likeness (QED) is 0.592. The van der Waals surface area contributed by atoms with Crippen molar-refractivity contribution in [1.82, 2.24) is 4.90 Å². The number of cyclic esters (lactones) is 1. The molecule has 8 heteroatoms. The summed E-state index contributed by atoms with van der Waals surface area (Å²) in [6, 6.07) is 15.0. The Kier molecular flexibility index (Phi) is 7.90. The molecule has 1 N–H and O–H groups in total. The maximum Gasteiger partial charge on any atom is 0.414 e. The van der Waals surface area contributed by atoms with E-state index in [0.29, 0.717) is 6.54 Å². The van der Waals surface area contributed by atoms with Crippen LogP contribution in [0.25, 0.3) is 0 Å². The minimum atomic E-state index is -0.279. The molecule has 2 aromatic rings. The predicted molar refractivity (Wildman–Crippen MR) is 131 cm³/mol. The monoisotopic (exact) mass is 467 g/mol. The van der Waals surface area contributed by atoms with Crippen LogP contribution in [-0.4, -0.2) is 62.4 Å². The van der Waals surface area contributed by atoms with Crippen molar-refractivity contribution >= 4 is 23.4 Å². The van der Waals surface area contributed by atoms with Crippen LogP contribution in [-0.2, 0) is 9.53 Å². The summed E-state index contributed by atoms with van der Waals surface area (Å²) in [6.45, 7) is 5.07. The summed E-state index contributed by atoms with van der Waals surface area (Å²) >= 11 is 0. The first kappa shape index (κ1) is 23.9. The molecule has 2 amide bonds. The van der Waals surface area contributed by atoms with Gasteiger partial charge in [-0.15, -0.1) is 0 Å². The van der Waals surface area contributed by atoms with Crippen LogP contribution in [0.15, 0.2) is 48.5 Å². The number of anilines is 2. The molecule has 0 aromatic heterocycles. The Morgan fingerprint density at radius 2 is 1.74 bits per heavy atom. The average molecular weight is 468 g/mol. The normalized spacial score (nSPS) is 19.1. The largest absolute Gasteiger partial charge is 0.497 e. The first-order valence-electron chi connectivity index (χ1n) is 11.9. The van der Waals surface area contributed by atoms with Gasteiger partial charge in [0.25, 0.3) is 0 Å². The van der Waals surface area contributed by atoms with Crippen LogP contribution >= 0.6 is 0 Å². The van der Waals surface area contributed by atoms with Gasteiger partial charge in [0.05, 0.1) is 13.7 Å². The second-order valence-electron chi connectivity index (χ2n) is 8.82. The molecular formula is C26H33N3O5. The van der Waals surface area contributed by atoms with E-state index in [9.17, 15) is 9.59 Å². The highest BCUT2D eigenvalue weighted by Gasteiger charge is 2.32. The van der Waals surface area contributed by atoms with Gasteiger partial charge in [-0.05, 0) is 80.8 Å². The van der Waals surface area contributed by atoms with Gasteiger partial charge in [-0.3, -0.25) is 9.69 Å². The molecule has 1 atom stereocenters. The van der Waals surface area contributed by atoms with Crippen molar-refractivity contribution in [3.05, 3.63) is 48.5 Å². The SMILES string of the molecule is COc1ccc(N2CC(CCCN3CCC(Oc4ccc(NC(C)=O)cc4)CC3)OC2=O)cc1. The highest BCUT2D eigenvalue weighted by atomic mass is 16.6. The molecule has 0 spiro atoms. The number of methoxy groups -OCH3 is 1. The van der Waals surface area contributed by atoms with E-state index in [1.54, 1.807) is 12.0 Å². The lowest BCUT2D eigenvalue weighted by Gasteiger charge is -2.32. The molecule has 2 heterocycles. The summed E-state index contributed by atoms with van der Waals surface area (Å²) in [7, 11) is 1.62. The number of piperidine rings is 1. The van der Waals surface area contributed by atoms with Crippen LogP contribution in [0.1, 0.15) is 32.6 Å². The number of carbonyl (C=O) groups excluding carboxylic acids is 2. The first-order valence-corrected chi connectivity index (χ1v) is 11.9. The summed E-state index contributed by atoms with van der Waals surface area (Å²) in [5, 5.41) is 2.76. The number of ether oxygens (including phenoxy) is 3.